The summed E-state index contributed by atoms with van der Waals surface area (Å²) in [6, 6.07) is 12.1. The highest BCUT2D eigenvalue weighted by Gasteiger charge is 2.36. The zero-order valence-corrected chi connectivity index (χ0v) is 22.4. The molecular weight excluding hydrogens is 502 g/mol. The number of carbonyl (C=O) groups excluding carboxylic acids is 1. The van der Waals surface area contributed by atoms with Gasteiger partial charge in [0.15, 0.2) is 0 Å². The van der Waals surface area contributed by atoms with E-state index in [1.807, 2.05) is 24.3 Å². The first-order valence-electron chi connectivity index (χ1n) is 12.4. The molecule has 0 radical (unpaired) electrons. The summed E-state index contributed by atoms with van der Waals surface area (Å²) in [4.78, 5) is 17.4. The van der Waals surface area contributed by atoms with Crippen LogP contribution >= 0.6 is 11.6 Å². The number of methoxy groups -OCH3 is 2. The summed E-state index contributed by atoms with van der Waals surface area (Å²) in [6.07, 6.45) is 4.49. The highest BCUT2D eigenvalue weighted by molar-refractivity contribution is 7.89. The summed E-state index contributed by atoms with van der Waals surface area (Å²) in [5.74, 6) is 1.04. The molecule has 2 aliphatic rings. The van der Waals surface area contributed by atoms with Gasteiger partial charge in [-0.25, -0.2) is 8.42 Å². The zero-order chi connectivity index (χ0) is 25.7. The fourth-order valence-electron chi connectivity index (χ4n) is 4.96. The molecule has 4 rings (SSSR count). The lowest BCUT2D eigenvalue weighted by molar-refractivity contribution is -0.132. The second kappa shape index (κ2) is 11.7. The van der Waals surface area contributed by atoms with Gasteiger partial charge in [0.05, 0.1) is 30.7 Å². The lowest BCUT2D eigenvalue weighted by atomic mass is 9.95. The van der Waals surface area contributed by atoms with Gasteiger partial charge in [-0.15, -0.1) is 0 Å². The fraction of sp³-hybridized carbons (Fsp3) is 0.500. The standard InChI is InChI=1S/C26H34ClN3O5S/c1-34-22-10-8-20(9-11-22)28-14-16-29(17-15-28)26(31)19-30(21-6-4-3-5-7-21)36(32,33)23-12-13-25(35-2)24(27)18-23/h8-13,18,21H,3-7,14-17,19H2,1-2H3. The molecule has 0 bridgehead atoms. The summed E-state index contributed by atoms with van der Waals surface area (Å²) >= 11 is 6.24. The largest absolute Gasteiger partial charge is 0.497 e. The molecule has 1 heterocycles. The number of amides is 1. The van der Waals surface area contributed by atoms with Gasteiger partial charge < -0.3 is 19.3 Å². The van der Waals surface area contributed by atoms with E-state index in [2.05, 4.69) is 4.90 Å². The van der Waals surface area contributed by atoms with E-state index in [1.54, 1.807) is 18.1 Å². The molecule has 8 nitrogen and oxygen atoms in total. The third kappa shape index (κ3) is 5.90. The SMILES string of the molecule is COc1ccc(N2CCN(C(=O)CN(C3CCCCC3)S(=O)(=O)c3ccc(OC)c(Cl)c3)CC2)cc1. The zero-order valence-electron chi connectivity index (χ0n) is 20.9. The number of benzene rings is 2. The Morgan fingerprint density at radius 1 is 0.972 bits per heavy atom. The van der Waals surface area contributed by atoms with E-state index in [9.17, 15) is 13.2 Å². The Bertz CT molecular complexity index is 1140. The van der Waals surface area contributed by atoms with Crippen molar-refractivity contribution in [3.8, 4) is 11.5 Å². The van der Waals surface area contributed by atoms with Crippen LogP contribution in [0.15, 0.2) is 47.4 Å². The molecule has 0 aromatic heterocycles. The maximum absolute atomic E-state index is 13.7. The second-order valence-corrected chi connectivity index (χ2v) is 11.5. The van der Waals surface area contributed by atoms with Crippen molar-refractivity contribution in [2.24, 2.45) is 0 Å². The van der Waals surface area contributed by atoms with E-state index in [-0.39, 0.29) is 28.4 Å². The van der Waals surface area contributed by atoms with Crippen LogP contribution in [0.1, 0.15) is 32.1 Å². The molecule has 0 unspecified atom stereocenters. The van der Waals surface area contributed by atoms with Gasteiger partial charge in [0.2, 0.25) is 15.9 Å². The number of carbonyl (C=O) groups is 1. The number of sulfonamides is 1. The van der Waals surface area contributed by atoms with Crippen molar-refractivity contribution >= 4 is 33.2 Å². The van der Waals surface area contributed by atoms with Crippen molar-refractivity contribution in [3.63, 3.8) is 0 Å². The molecule has 0 atom stereocenters. The number of hydrogen-bond donors (Lipinski definition) is 0. The minimum atomic E-state index is -3.92. The number of ether oxygens (including phenoxy) is 2. The number of nitrogens with zero attached hydrogens (tertiary/aromatic N) is 3. The van der Waals surface area contributed by atoms with Gasteiger partial charge >= 0.3 is 0 Å². The monoisotopic (exact) mass is 535 g/mol. The van der Waals surface area contributed by atoms with Crippen molar-refractivity contribution in [1.82, 2.24) is 9.21 Å². The Morgan fingerprint density at radius 2 is 1.64 bits per heavy atom. The van der Waals surface area contributed by atoms with Gasteiger partial charge in [-0.05, 0) is 55.3 Å². The first kappa shape index (κ1) is 26.6. The average molecular weight is 536 g/mol. The van der Waals surface area contributed by atoms with Crippen LogP contribution in [0.3, 0.4) is 0 Å². The molecule has 1 amide bonds. The normalized spacial score (nSPS) is 17.3. The number of piperazine rings is 1. The maximum atomic E-state index is 13.7. The number of rotatable bonds is 8. The molecule has 1 saturated carbocycles. The summed E-state index contributed by atoms with van der Waals surface area (Å²) in [7, 11) is -0.797. The van der Waals surface area contributed by atoms with Gasteiger partial charge in [0.1, 0.15) is 11.5 Å². The molecular formula is C26H34ClN3O5S. The summed E-state index contributed by atoms with van der Waals surface area (Å²) in [5, 5.41) is 0.225. The number of hydrogen-bond acceptors (Lipinski definition) is 6. The molecule has 1 aliphatic heterocycles. The minimum Gasteiger partial charge on any atom is -0.497 e. The quantitative estimate of drug-likeness (QED) is 0.508. The molecule has 2 aromatic rings. The predicted octanol–water partition coefficient (Wildman–Crippen LogP) is 4.03. The van der Waals surface area contributed by atoms with Crippen molar-refractivity contribution in [2.75, 3.05) is 51.8 Å². The summed E-state index contributed by atoms with van der Waals surface area (Å²) < 4.78 is 39.3. The van der Waals surface area contributed by atoms with Gasteiger partial charge in [-0.1, -0.05) is 30.9 Å². The Morgan fingerprint density at radius 3 is 2.22 bits per heavy atom. The van der Waals surface area contributed by atoms with Crippen molar-refractivity contribution in [1.29, 1.82) is 0 Å². The Balaban J connectivity index is 1.47. The van der Waals surface area contributed by atoms with Crippen molar-refractivity contribution < 1.29 is 22.7 Å². The number of anilines is 1. The van der Waals surface area contributed by atoms with Crippen LogP contribution in [0.5, 0.6) is 11.5 Å². The molecule has 0 N–H and O–H groups in total. The van der Waals surface area contributed by atoms with Crippen LogP contribution in [0.4, 0.5) is 5.69 Å². The van der Waals surface area contributed by atoms with E-state index in [0.717, 1.165) is 43.5 Å². The molecule has 196 valence electrons. The van der Waals surface area contributed by atoms with E-state index < -0.39 is 10.0 Å². The van der Waals surface area contributed by atoms with Crippen LogP contribution in [0.25, 0.3) is 0 Å². The van der Waals surface area contributed by atoms with Crippen LogP contribution < -0.4 is 14.4 Å². The van der Waals surface area contributed by atoms with Gasteiger partial charge in [0, 0.05) is 37.9 Å². The number of halogens is 1. The molecule has 10 heteroatoms. The second-order valence-electron chi connectivity index (χ2n) is 9.20. The third-order valence-electron chi connectivity index (χ3n) is 7.07. The van der Waals surface area contributed by atoms with Crippen LogP contribution in [-0.2, 0) is 14.8 Å². The maximum Gasteiger partial charge on any atom is 0.243 e. The smallest absolute Gasteiger partial charge is 0.243 e. The molecule has 1 aliphatic carbocycles. The predicted molar refractivity (Wildman–Crippen MR) is 141 cm³/mol. The highest BCUT2D eigenvalue weighted by Crippen LogP contribution is 2.32. The highest BCUT2D eigenvalue weighted by atomic mass is 35.5. The fourth-order valence-corrected chi connectivity index (χ4v) is 6.95. The topological polar surface area (TPSA) is 79.4 Å². The first-order chi connectivity index (χ1) is 17.3. The van der Waals surface area contributed by atoms with Crippen LogP contribution in [-0.4, -0.2) is 76.5 Å². The van der Waals surface area contributed by atoms with E-state index >= 15 is 0 Å². The van der Waals surface area contributed by atoms with E-state index in [1.165, 1.54) is 23.5 Å². The first-order valence-corrected chi connectivity index (χ1v) is 14.2. The third-order valence-corrected chi connectivity index (χ3v) is 9.26. The van der Waals surface area contributed by atoms with Gasteiger partial charge in [0.25, 0.3) is 0 Å². The van der Waals surface area contributed by atoms with Gasteiger partial charge in [-0.2, -0.15) is 4.31 Å². The Hall–Kier alpha value is -2.49. The Kier molecular flexibility index (Phi) is 8.64. The molecule has 2 fully saturated rings. The van der Waals surface area contributed by atoms with Crippen molar-refractivity contribution in [3.05, 3.63) is 47.5 Å². The van der Waals surface area contributed by atoms with Crippen LogP contribution in [0, 0.1) is 0 Å². The molecule has 2 aromatic carbocycles. The summed E-state index contributed by atoms with van der Waals surface area (Å²) in [6.45, 7) is 2.28. The van der Waals surface area contributed by atoms with Crippen LogP contribution in [0.2, 0.25) is 5.02 Å². The average Bonchev–Trinajstić information content (AvgIpc) is 2.92. The van der Waals surface area contributed by atoms with E-state index in [0.29, 0.717) is 31.9 Å². The lowest BCUT2D eigenvalue weighted by Gasteiger charge is -2.38. The summed E-state index contributed by atoms with van der Waals surface area (Å²) in [5.41, 5.74) is 1.07. The van der Waals surface area contributed by atoms with Crippen molar-refractivity contribution in [2.45, 2.75) is 43.0 Å². The Labute approximate surface area is 218 Å². The minimum absolute atomic E-state index is 0.0796. The molecule has 1 saturated heterocycles. The van der Waals surface area contributed by atoms with Gasteiger partial charge in [-0.3, -0.25) is 4.79 Å². The molecule has 36 heavy (non-hydrogen) atoms. The van der Waals surface area contributed by atoms with E-state index in [4.69, 9.17) is 21.1 Å². The lowest BCUT2D eigenvalue weighted by Crippen LogP contribution is -2.53. The molecule has 0 spiro atoms.